The van der Waals surface area contributed by atoms with Crippen molar-refractivity contribution in [2.75, 3.05) is 10.2 Å². The molecule has 0 aliphatic carbocycles. The van der Waals surface area contributed by atoms with Crippen molar-refractivity contribution in [2.24, 2.45) is 0 Å². The van der Waals surface area contributed by atoms with Crippen LogP contribution in [0.1, 0.15) is 31.1 Å². The van der Waals surface area contributed by atoms with Gasteiger partial charge in [0.05, 0.1) is 28.1 Å². The van der Waals surface area contributed by atoms with Crippen LogP contribution < -0.4 is 10.2 Å². The molecule has 0 saturated carbocycles. The van der Waals surface area contributed by atoms with Crippen LogP contribution in [0.15, 0.2) is 66.7 Å². The molecule has 0 spiro atoms. The average Bonchev–Trinajstić information content (AvgIpc) is 2.94. The summed E-state index contributed by atoms with van der Waals surface area (Å²) in [5, 5.41) is 12.6. The van der Waals surface area contributed by atoms with Crippen LogP contribution in [0, 0.1) is 0 Å². The third-order valence-corrected chi connectivity index (χ3v) is 4.63. The number of carboxylic acid groups (broad SMARTS) is 1. The largest absolute Gasteiger partial charge is 0.478 e. The molecule has 6 nitrogen and oxygen atoms in total. The van der Waals surface area contributed by atoms with Crippen LogP contribution in [0.3, 0.4) is 0 Å². The zero-order chi connectivity index (χ0) is 19.8. The van der Waals surface area contributed by atoms with Crippen molar-refractivity contribution < 1.29 is 19.5 Å². The Kier molecular flexibility index (Phi) is 4.33. The molecule has 1 heterocycles. The zero-order valence-corrected chi connectivity index (χ0v) is 15.1. The molecule has 1 aliphatic rings. The number of nitrogens with zero attached hydrogens (tertiary/aromatic N) is 1. The molecule has 2 amide bonds. The normalized spacial score (nSPS) is 12.8. The topological polar surface area (TPSA) is 86.7 Å². The summed E-state index contributed by atoms with van der Waals surface area (Å²) in [4.78, 5) is 38.0. The Morgan fingerprint density at radius 2 is 1.61 bits per heavy atom. The highest BCUT2D eigenvalue weighted by Crippen LogP contribution is 2.32. The van der Waals surface area contributed by atoms with Crippen molar-refractivity contribution in [1.29, 1.82) is 0 Å². The standard InChI is InChI=1S/C21H13ClN2O4/c22-12-6-9-18(17(10-12)21(27)28)23-13-7-8-15-16(11-13)20(26)24(19(15)25)14-4-2-1-3-5-14/h1-11,23H,(H,27,28). The van der Waals surface area contributed by atoms with Gasteiger partial charge in [-0.2, -0.15) is 0 Å². The second kappa shape index (κ2) is 6.83. The van der Waals surface area contributed by atoms with Gasteiger partial charge in [-0.25, -0.2) is 9.69 Å². The lowest BCUT2D eigenvalue weighted by Gasteiger charge is -2.13. The number of carbonyl (C=O) groups excluding carboxylic acids is 2. The van der Waals surface area contributed by atoms with Gasteiger partial charge in [0.2, 0.25) is 0 Å². The van der Waals surface area contributed by atoms with Gasteiger partial charge in [-0.3, -0.25) is 9.59 Å². The van der Waals surface area contributed by atoms with Gasteiger partial charge >= 0.3 is 5.97 Å². The van der Waals surface area contributed by atoms with Crippen LogP contribution in [0.5, 0.6) is 0 Å². The zero-order valence-electron chi connectivity index (χ0n) is 14.3. The minimum absolute atomic E-state index is 0.00122. The van der Waals surface area contributed by atoms with E-state index in [2.05, 4.69) is 5.32 Å². The summed E-state index contributed by atoms with van der Waals surface area (Å²) in [6, 6.07) is 17.8. The molecule has 28 heavy (non-hydrogen) atoms. The number of aromatic carboxylic acids is 1. The number of rotatable bonds is 4. The summed E-state index contributed by atoms with van der Waals surface area (Å²) in [7, 11) is 0. The molecule has 0 atom stereocenters. The first kappa shape index (κ1) is 17.8. The van der Waals surface area contributed by atoms with Gasteiger partial charge in [-0.15, -0.1) is 0 Å². The van der Waals surface area contributed by atoms with Crippen LogP contribution >= 0.6 is 11.6 Å². The van der Waals surface area contributed by atoms with Gasteiger partial charge < -0.3 is 10.4 Å². The van der Waals surface area contributed by atoms with Crippen molar-refractivity contribution in [1.82, 2.24) is 0 Å². The minimum Gasteiger partial charge on any atom is -0.478 e. The maximum absolute atomic E-state index is 12.8. The molecule has 1 aliphatic heterocycles. The Morgan fingerprint density at radius 1 is 0.893 bits per heavy atom. The SMILES string of the molecule is O=C(O)c1cc(Cl)ccc1Nc1ccc2c(c1)C(=O)N(c1ccccc1)C2=O. The van der Waals surface area contributed by atoms with Crippen molar-refractivity contribution in [3.05, 3.63) is 88.4 Å². The van der Waals surface area contributed by atoms with Gasteiger partial charge in [0, 0.05) is 10.7 Å². The van der Waals surface area contributed by atoms with Crippen LogP contribution in [0.4, 0.5) is 17.1 Å². The minimum atomic E-state index is -1.13. The van der Waals surface area contributed by atoms with Crippen LogP contribution in [0.2, 0.25) is 5.02 Å². The molecular weight excluding hydrogens is 380 g/mol. The summed E-state index contributed by atoms with van der Waals surface area (Å²) in [5.74, 6) is -1.95. The van der Waals surface area contributed by atoms with Crippen molar-refractivity contribution in [3.8, 4) is 0 Å². The number of fused-ring (bicyclic) bond motifs is 1. The van der Waals surface area contributed by atoms with Crippen molar-refractivity contribution in [3.63, 3.8) is 0 Å². The third kappa shape index (κ3) is 3.00. The van der Waals surface area contributed by atoms with Gasteiger partial charge in [-0.1, -0.05) is 29.8 Å². The lowest BCUT2D eigenvalue weighted by Crippen LogP contribution is -2.29. The Morgan fingerprint density at radius 3 is 2.32 bits per heavy atom. The Bertz CT molecular complexity index is 1130. The number of nitrogens with one attached hydrogen (secondary N) is 1. The number of anilines is 3. The highest BCUT2D eigenvalue weighted by Gasteiger charge is 2.36. The number of amides is 2. The summed E-state index contributed by atoms with van der Waals surface area (Å²) in [6.07, 6.45) is 0. The Balaban J connectivity index is 1.69. The highest BCUT2D eigenvalue weighted by molar-refractivity contribution is 6.34. The van der Waals surface area contributed by atoms with E-state index in [9.17, 15) is 19.5 Å². The first-order valence-electron chi connectivity index (χ1n) is 8.33. The molecule has 0 radical (unpaired) electrons. The van der Waals surface area contributed by atoms with E-state index < -0.39 is 17.8 Å². The van der Waals surface area contributed by atoms with Crippen LogP contribution in [0.25, 0.3) is 0 Å². The molecule has 0 aromatic heterocycles. The number of imide groups is 1. The summed E-state index contributed by atoms with van der Waals surface area (Å²) >= 11 is 5.87. The fourth-order valence-corrected chi connectivity index (χ4v) is 3.26. The number of halogens is 1. The van der Waals surface area contributed by atoms with E-state index >= 15 is 0 Å². The maximum Gasteiger partial charge on any atom is 0.337 e. The van der Waals surface area contributed by atoms with E-state index in [1.54, 1.807) is 60.7 Å². The third-order valence-electron chi connectivity index (χ3n) is 4.39. The maximum atomic E-state index is 12.8. The van der Waals surface area contributed by atoms with E-state index in [0.717, 1.165) is 4.90 Å². The van der Waals surface area contributed by atoms with Gasteiger partial charge in [0.1, 0.15) is 0 Å². The van der Waals surface area contributed by atoms with Crippen LogP contribution in [-0.2, 0) is 0 Å². The Hall–Kier alpha value is -3.64. The highest BCUT2D eigenvalue weighted by atomic mass is 35.5. The van der Waals surface area contributed by atoms with E-state index in [4.69, 9.17) is 11.6 Å². The van der Waals surface area contributed by atoms with Crippen molar-refractivity contribution >= 4 is 46.4 Å². The second-order valence-corrected chi connectivity index (χ2v) is 6.60. The molecule has 138 valence electrons. The molecule has 3 aromatic carbocycles. The van der Waals surface area contributed by atoms with Gasteiger partial charge in [-0.05, 0) is 48.5 Å². The van der Waals surface area contributed by atoms with Gasteiger partial charge in [0.25, 0.3) is 11.8 Å². The van der Waals surface area contributed by atoms with Gasteiger partial charge in [0.15, 0.2) is 0 Å². The summed E-state index contributed by atoms with van der Waals surface area (Å²) in [5.41, 5.74) is 1.86. The van der Waals surface area contributed by atoms with E-state index in [0.29, 0.717) is 27.6 Å². The molecule has 3 aromatic rings. The predicted molar refractivity (Wildman–Crippen MR) is 106 cm³/mol. The molecular formula is C21H13ClN2O4. The number of carboxylic acids is 1. The van der Waals surface area contributed by atoms with Crippen molar-refractivity contribution in [2.45, 2.75) is 0 Å². The predicted octanol–water partition coefficient (Wildman–Crippen LogP) is 4.58. The molecule has 0 fully saturated rings. The Labute approximate surface area is 165 Å². The molecule has 7 heteroatoms. The molecule has 0 unspecified atom stereocenters. The first-order chi connectivity index (χ1) is 13.5. The van der Waals surface area contributed by atoms with E-state index in [-0.39, 0.29) is 11.1 Å². The summed E-state index contributed by atoms with van der Waals surface area (Å²) < 4.78 is 0. The smallest absolute Gasteiger partial charge is 0.337 e. The molecule has 4 rings (SSSR count). The summed E-state index contributed by atoms with van der Waals surface area (Å²) in [6.45, 7) is 0. The second-order valence-electron chi connectivity index (χ2n) is 6.16. The first-order valence-corrected chi connectivity index (χ1v) is 8.71. The fraction of sp³-hybridized carbons (Fsp3) is 0. The van der Waals surface area contributed by atoms with E-state index in [1.807, 2.05) is 0 Å². The molecule has 0 saturated heterocycles. The molecule has 2 N–H and O–H groups in total. The number of hydrogen-bond donors (Lipinski definition) is 2. The quantitative estimate of drug-likeness (QED) is 0.634. The van der Waals surface area contributed by atoms with Crippen LogP contribution in [-0.4, -0.2) is 22.9 Å². The lowest BCUT2D eigenvalue weighted by molar-refractivity contribution is 0.0697. The number of hydrogen-bond acceptors (Lipinski definition) is 4. The number of benzene rings is 3. The average molecular weight is 393 g/mol. The fourth-order valence-electron chi connectivity index (χ4n) is 3.09. The monoisotopic (exact) mass is 392 g/mol. The number of para-hydroxylation sites is 1. The number of carbonyl (C=O) groups is 3. The molecule has 0 bridgehead atoms. The lowest BCUT2D eigenvalue weighted by atomic mass is 10.1. The van der Waals surface area contributed by atoms with E-state index in [1.165, 1.54) is 6.07 Å².